The Kier molecular flexibility index (Phi) is 5.39. The molecule has 2 aromatic carbocycles. The molecule has 2 aromatic rings. The van der Waals surface area contributed by atoms with Crippen molar-refractivity contribution in [2.24, 2.45) is 0 Å². The van der Waals surface area contributed by atoms with Gasteiger partial charge in [0.1, 0.15) is 5.82 Å². The zero-order chi connectivity index (χ0) is 18.1. The molecule has 1 fully saturated rings. The number of amides is 2. The fraction of sp³-hybridized carbons (Fsp3) is 0.0588. The van der Waals surface area contributed by atoms with E-state index >= 15 is 0 Å². The number of rotatable bonds is 3. The molecule has 0 radical (unpaired) electrons. The van der Waals surface area contributed by atoms with Crippen LogP contribution in [0.1, 0.15) is 11.1 Å². The lowest BCUT2D eigenvalue weighted by Gasteiger charge is -2.14. The zero-order valence-electron chi connectivity index (χ0n) is 12.4. The van der Waals surface area contributed by atoms with E-state index in [1.165, 1.54) is 24.3 Å². The molecule has 3 nitrogen and oxygen atoms in total. The Morgan fingerprint density at radius 2 is 1.80 bits per heavy atom. The van der Waals surface area contributed by atoms with Gasteiger partial charge in [-0.25, -0.2) is 4.39 Å². The Bertz CT molecular complexity index is 897. The Morgan fingerprint density at radius 1 is 1.04 bits per heavy atom. The summed E-state index contributed by atoms with van der Waals surface area (Å²) in [4.78, 5) is 25.8. The van der Waals surface area contributed by atoms with E-state index in [1.807, 2.05) is 0 Å². The quantitative estimate of drug-likeness (QED) is 0.574. The number of carbonyl (C=O) groups is 2. The Hall–Kier alpha value is -1.53. The van der Waals surface area contributed by atoms with Gasteiger partial charge >= 0.3 is 0 Å². The van der Waals surface area contributed by atoms with Gasteiger partial charge in [-0.15, -0.1) is 0 Å². The van der Waals surface area contributed by atoms with Gasteiger partial charge in [0.15, 0.2) is 0 Å². The normalized spacial score (nSPS) is 16.2. The Morgan fingerprint density at radius 3 is 2.48 bits per heavy atom. The van der Waals surface area contributed by atoms with Crippen LogP contribution in [0.25, 0.3) is 6.08 Å². The molecule has 2 amide bonds. The average Bonchev–Trinajstić information content (AvgIpc) is 2.81. The lowest BCUT2D eigenvalue weighted by molar-refractivity contribution is -0.123. The lowest BCUT2D eigenvalue weighted by Crippen LogP contribution is -2.28. The first-order chi connectivity index (χ1) is 11.9. The number of hydrogen-bond acceptors (Lipinski definition) is 3. The summed E-state index contributed by atoms with van der Waals surface area (Å²) in [5.74, 6) is -1.08. The molecule has 0 N–H and O–H groups in total. The van der Waals surface area contributed by atoms with E-state index in [9.17, 15) is 14.0 Å². The molecule has 0 bridgehead atoms. The topological polar surface area (TPSA) is 37.4 Å². The minimum Gasteiger partial charge on any atom is -0.268 e. The fourth-order valence-electron chi connectivity index (χ4n) is 2.23. The van der Waals surface area contributed by atoms with E-state index in [4.69, 9.17) is 34.8 Å². The highest BCUT2D eigenvalue weighted by Gasteiger charge is 2.35. The first-order valence-electron chi connectivity index (χ1n) is 7.00. The highest BCUT2D eigenvalue weighted by Crippen LogP contribution is 2.35. The largest absolute Gasteiger partial charge is 0.293 e. The molecule has 0 atom stereocenters. The van der Waals surface area contributed by atoms with Gasteiger partial charge in [0, 0.05) is 10.6 Å². The van der Waals surface area contributed by atoms with E-state index in [2.05, 4.69) is 0 Å². The molecule has 0 aliphatic carbocycles. The number of halogens is 4. The predicted molar refractivity (Wildman–Crippen MR) is 99.4 cm³/mol. The second-order valence-electron chi connectivity index (χ2n) is 5.14. The minimum atomic E-state index is -0.569. The number of thioether (sulfide) groups is 1. The van der Waals surface area contributed by atoms with Gasteiger partial charge in [0.05, 0.1) is 21.5 Å². The molecule has 0 aromatic heterocycles. The number of carbonyl (C=O) groups excluding carboxylic acids is 2. The summed E-state index contributed by atoms with van der Waals surface area (Å²) in [5.41, 5.74) is 0.728. The van der Waals surface area contributed by atoms with Gasteiger partial charge in [-0.1, -0.05) is 46.9 Å². The molecule has 0 unspecified atom stereocenters. The summed E-state index contributed by atoms with van der Waals surface area (Å²) in [6.07, 6.45) is 1.54. The third-order valence-corrected chi connectivity index (χ3v) is 5.49. The van der Waals surface area contributed by atoms with E-state index in [0.717, 1.165) is 16.7 Å². The molecule has 1 aliphatic heterocycles. The van der Waals surface area contributed by atoms with Gasteiger partial charge in [-0.2, -0.15) is 0 Å². The number of imide groups is 1. The SMILES string of the molecule is O=C1S/C(=C\c2ccc(Cl)c(Cl)c2)C(=O)N1Cc1c(F)cccc1Cl. The highest BCUT2D eigenvalue weighted by molar-refractivity contribution is 8.18. The number of hydrogen-bond donors (Lipinski definition) is 0. The van der Waals surface area contributed by atoms with Gasteiger partial charge < -0.3 is 0 Å². The molecule has 0 saturated carbocycles. The zero-order valence-corrected chi connectivity index (χ0v) is 15.5. The van der Waals surface area contributed by atoms with Crippen molar-refractivity contribution in [3.8, 4) is 0 Å². The van der Waals surface area contributed by atoms with Crippen molar-refractivity contribution >= 4 is 63.8 Å². The number of benzene rings is 2. The molecule has 1 heterocycles. The number of nitrogens with zero attached hydrogens (tertiary/aromatic N) is 1. The second-order valence-corrected chi connectivity index (χ2v) is 7.36. The highest BCUT2D eigenvalue weighted by atomic mass is 35.5. The van der Waals surface area contributed by atoms with Crippen LogP contribution in [0, 0.1) is 5.82 Å². The van der Waals surface area contributed by atoms with E-state index in [-0.39, 0.29) is 22.0 Å². The Labute approximate surface area is 162 Å². The van der Waals surface area contributed by atoms with Crippen LogP contribution in [-0.4, -0.2) is 16.0 Å². The van der Waals surface area contributed by atoms with Crippen molar-refractivity contribution in [2.75, 3.05) is 0 Å². The van der Waals surface area contributed by atoms with Crippen LogP contribution in [0.2, 0.25) is 15.1 Å². The van der Waals surface area contributed by atoms with Crippen molar-refractivity contribution in [1.82, 2.24) is 4.90 Å². The van der Waals surface area contributed by atoms with Crippen molar-refractivity contribution in [3.63, 3.8) is 0 Å². The van der Waals surface area contributed by atoms with Crippen LogP contribution < -0.4 is 0 Å². The Balaban J connectivity index is 1.87. The lowest BCUT2D eigenvalue weighted by atomic mass is 10.2. The average molecular weight is 417 g/mol. The minimum absolute atomic E-state index is 0.0993. The smallest absolute Gasteiger partial charge is 0.268 e. The van der Waals surface area contributed by atoms with Crippen LogP contribution in [-0.2, 0) is 11.3 Å². The summed E-state index contributed by atoms with van der Waals surface area (Å²) in [6, 6.07) is 9.05. The van der Waals surface area contributed by atoms with Crippen molar-refractivity contribution < 1.29 is 14.0 Å². The molecule has 25 heavy (non-hydrogen) atoms. The standard InChI is InChI=1S/C17H9Cl3FNO2S/c18-11-2-1-3-14(21)10(11)8-22-16(23)15(25-17(22)24)7-9-4-5-12(19)13(20)6-9/h1-7H,8H2/b15-7-. The van der Waals surface area contributed by atoms with Gasteiger partial charge in [-0.3, -0.25) is 14.5 Å². The third kappa shape index (κ3) is 3.85. The molecule has 128 valence electrons. The summed E-state index contributed by atoms with van der Waals surface area (Å²) in [7, 11) is 0. The van der Waals surface area contributed by atoms with Crippen molar-refractivity contribution in [3.05, 3.63) is 73.3 Å². The fourth-order valence-corrected chi connectivity index (χ4v) is 3.60. The molecule has 8 heteroatoms. The van der Waals surface area contributed by atoms with Gasteiger partial charge in [-0.05, 0) is 47.7 Å². The maximum absolute atomic E-state index is 13.9. The first-order valence-corrected chi connectivity index (χ1v) is 8.95. The van der Waals surface area contributed by atoms with Crippen molar-refractivity contribution in [1.29, 1.82) is 0 Å². The van der Waals surface area contributed by atoms with E-state index in [1.54, 1.807) is 18.2 Å². The van der Waals surface area contributed by atoms with Crippen LogP contribution in [0.5, 0.6) is 0 Å². The van der Waals surface area contributed by atoms with Crippen LogP contribution >= 0.6 is 46.6 Å². The summed E-state index contributed by atoms with van der Waals surface area (Å²) < 4.78 is 13.9. The second kappa shape index (κ2) is 7.38. The summed E-state index contributed by atoms with van der Waals surface area (Å²) >= 11 is 18.5. The molecular formula is C17H9Cl3FNO2S. The first kappa shape index (κ1) is 18.3. The van der Waals surface area contributed by atoms with Crippen LogP contribution in [0.15, 0.2) is 41.3 Å². The van der Waals surface area contributed by atoms with Gasteiger partial charge in [0.2, 0.25) is 0 Å². The summed E-state index contributed by atoms with van der Waals surface area (Å²) in [5, 5.41) is 0.400. The molecule has 3 rings (SSSR count). The third-order valence-electron chi connectivity index (χ3n) is 3.49. The van der Waals surface area contributed by atoms with Crippen molar-refractivity contribution in [2.45, 2.75) is 6.54 Å². The van der Waals surface area contributed by atoms with Gasteiger partial charge in [0.25, 0.3) is 11.1 Å². The van der Waals surface area contributed by atoms with Crippen LogP contribution in [0.3, 0.4) is 0 Å². The molecule has 1 aliphatic rings. The predicted octanol–water partition coefficient (Wildman–Crippen LogP) is 6.02. The monoisotopic (exact) mass is 415 g/mol. The molecule has 1 saturated heterocycles. The van der Waals surface area contributed by atoms with E-state index < -0.39 is 17.0 Å². The summed E-state index contributed by atoms with van der Waals surface area (Å²) in [6.45, 7) is -0.227. The van der Waals surface area contributed by atoms with E-state index in [0.29, 0.717) is 15.6 Å². The molecule has 0 spiro atoms. The maximum atomic E-state index is 13.9. The molecular weight excluding hydrogens is 408 g/mol. The maximum Gasteiger partial charge on any atom is 0.293 e. The van der Waals surface area contributed by atoms with Crippen LogP contribution in [0.4, 0.5) is 9.18 Å².